The van der Waals surface area contributed by atoms with Gasteiger partial charge in [0.2, 0.25) is 0 Å². The minimum Gasteiger partial charge on any atom is -0.372 e. The molecule has 3 rings (SSSR count). The van der Waals surface area contributed by atoms with Crippen molar-refractivity contribution < 1.29 is 4.74 Å². The summed E-state index contributed by atoms with van der Waals surface area (Å²) in [7, 11) is 0. The monoisotopic (exact) mass is 441 g/mol. The van der Waals surface area contributed by atoms with Crippen LogP contribution in [-0.4, -0.2) is 49.0 Å². The summed E-state index contributed by atoms with van der Waals surface area (Å²) in [6.45, 7) is 12.3. The predicted molar refractivity (Wildman–Crippen MR) is 131 cm³/mol. The second kappa shape index (κ2) is 11.4. The van der Waals surface area contributed by atoms with Gasteiger partial charge in [0.05, 0.1) is 18.8 Å². The van der Waals surface area contributed by atoms with Crippen molar-refractivity contribution in [2.24, 2.45) is 4.99 Å². The highest BCUT2D eigenvalue weighted by Gasteiger charge is 2.22. The molecule has 1 aliphatic rings. The van der Waals surface area contributed by atoms with Crippen LogP contribution in [0.1, 0.15) is 37.5 Å². The highest BCUT2D eigenvalue weighted by atomic mass is 32.2. The van der Waals surface area contributed by atoms with Crippen LogP contribution in [0.25, 0.3) is 0 Å². The zero-order valence-electron chi connectivity index (χ0n) is 19.3. The molecule has 168 valence electrons. The summed E-state index contributed by atoms with van der Waals surface area (Å²) in [5.74, 6) is 1.82. The van der Waals surface area contributed by atoms with Gasteiger partial charge in [-0.05, 0) is 62.8 Å². The molecule has 2 N–H and O–H groups in total. The van der Waals surface area contributed by atoms with Crippen LogP contribution in [0.3, 0.4) is 0 Å². The number of aromatic nitrogens is 1. The quantitative estimate of drug-likeness (QED) is 0.385. The molecular formula is C24H35N5OS. The molecule has 0 bridgehead atoms. The lowest BCUT2D eigenvalue weighted by Crippen LogP contribution is -2.45. The number of thioether (sulfide) groups is 1. The van der Waals surface area contributed by atoms with E-state index in [1.807, 2.05) is 6.20 Å². The van der Waals surface area contributed by atoms with Gasteiger partial charge in [-0.3, -0.25) is 0 Å². The highest BCUT2D eigenvalue weighted by molar-refractivity contribution is 7.98. The lowest BCUT2D eigenvalue weighted by molar-refractivity contribution is -0.00545. The molecular weight excluding hydrogens is 406 g/mol. The van der Waals surface area contributed by atoms with E-state index in [1.165, 1.54) is 16.0 Å². The van der Waals surface area contributed by atoms with Crippen LogP contribution in [0, 0.1) is 6.92 Å². The maximum atomic E-state index is 5.82. The fourth-order valence-electron chi connectivity index (χ4n) is 3.75. The summed E-state index contributed by atoms with van der Waals surface area (Å²) >= 11 is 1.78. The van der Waals surface area contributed by atoms with Gasteiger partial charge in [0.25, 0.3) is 0 Å². The van der Waals surface area contributed by atoms with E-state index in [0.717, 1.165) is 43.5 Å². The molecule has 0 amide bonds. The van der Waals surface area contributed by atoms with E-state index in [-0.39, 0.29) is 12.2 Å². The van der Waals surface area contributed by atoms with E-state index in [9.17, 15) is 0 Å². The number of hydrogen-bond acceptors (Lipinski definition) is 5. The molecule has 1 aromatic carbocycles. The molecule has 2 atom stereocenters. The van der Waals surface area contributed by atoms with Crippen LogP contribution >= 0.6 is 11.8 Å². The van der Waals surface area contributed by atoms with Crippen molar-refractivity contribution in [2.75, 3.05) is 30.8 Å². The number of hydrogen-bond donors (Lipinski definition) is 2. The van der Waals surface area contributed by atoms with Crippen LogP contribution in [0.5, 0.6) is 0 Å². The molecule has 0 spiro atoms. The molecule has 2 unspecified atom stereocenters. The third-order valence-corrected chi connectivity index (χ3v) is 6.03. The Hall–Kier alpha value is -2.25. The molecule has 1 fully saturated rings. The third kappa shape index (κ3) is 6.87. The van der Waals surface area contributed by atoms with Crippen molar-refractivity contribution in [1.29, 1.82) is 0 Å². The molecule has 0 saturated carbocycles. The maximum absolute atomic E-state index is 5.82. The number of aliphatic imine (C=N–C) groups is 1. The normalized spacial score (nSPS) is 19.4. The van der Waals surface area contributed by atoms with Gasteiger partial charge >= 0.3 is 0 Å². The Morgan fingerprint density at radius 3 is 2.61 bits per heavy atom. The molecule has 7 heteroatoms. The maximum Gasteiger partial charge on any atom is 0.191 e. The van der Waals surface area contributed by atoms with Crippen molar-refractivity contribution in [3.63, 3.8) is 0 Å². The average molecular weight is 442 g/mol. The van der Waals surface area contributed by atoms with Gasteiger partial charge in [0.1, 0.15) is 5.82 Å². The Morgan fingerprint density at radius 1 is 1.19 bits per heavy atom. The van der Waals surface area contributed by atoms with Crippen molar-refractivity contribution in [2.45, 2.75) is 57.9 Å². The van der Waals surface area contributed by atoms with Gasteiger partial charge in [-0.2, -0.15) is 0 Å². The number of pyridine rings is 1. The van der Waals surface area contributed by atoms with Crippen molar-refractivity contribution in [3.8, 4) is 0 Å². The summed E-state index contributed by atoms with van der Waals surface area (Å²) in [6.07, 6.45) is 4.50. The van der Waals surface area contributed by atoms with Crippen LogP contribution < -0.4 is 15.5 Å². The number of aryl methyl sites for hydroxylation is 1. The fraction of sp³-hybridized carbons (Fsp3) is 0.500. The van der Waals surface area contributed by atoms with E-state index in [0.29, 0.717) is 6.54 Å². The lowest BCUT2D eigenvalue weighted by Gasteiger charge is -2.36. The number of nitrogens with one attached hydrogen (secondary N) is 2. The number of ether oxygens (including phenoxy) is 1. The molecule has 6 nitrogen and oxygen atoms in total. The Morgan fingerprint density at radius 2 is 1.97 bits per heavy atom. The molecule has 31 heavy (non-hydrogen) atoms. The van der Waals surface area contributed by atoms with Crippen molar-refractivity contribution >= 4 is 23.5 Å². The standard InChI is InChI=1S/C24H35N5OS/c1-6-25-24(28-14-21-9-7-17(2)11-22(21)31-5)27-13-20-8-10-23(26-12-20)29-15-18(3)30-19(4)16-29/h7-12,18-19H,6,13-16H2,1-5H3,(H2,25,27,28). The summed E-state index contributed by atoms with van der Waals surface area (Å²) in [6, 6.07) is 10.8. The Balaban J connectivity index is 1.61. The van der Waals surface area contributed by atoms with Crippen LogP contribution in [-0.2, 0) is 17.8 Å². The molecule has 2 aromatic rings. The van der Waals surface area contributed by atoms with Gasteiger partial charge in [-0.15, -0.1) is 11.8 Å². The minimum absolute atomic E-state index is 0.226. The number of morpholine rings is 1. The van der Waals surface area contributed by atoms with E-state index in [4.69, 9.17) is 9.73 Å². The minimum atomic E-state index is 0.226. The largest absolute Gasteiger partial charge is 0.372 e. The first-order valence-electron chi connectivity index (χ1n) is 11.0. The highest BCUT2D eigenvalue weighted by Crippen LogP contribution is 2.22. The summed E-state index contributed by atoms with van der Waals surface area (Å²) in [4.78, 5) is 13.0. The Bertz CT molecular complexity index is 861. The molecule has 1 aromatic heterocycles. The number of benzene rings is 1. The first-order valence-corrected chi connectivity index (χ1v) is 12.2. The Labute approximate surface area is 190 Å². The SMILES string of the molecule is CCNC(=NCc1ccc(N2CC(C)OC(C)C2)nc1)NCc1ccc(C)cc1SC. The molecule has 0 aliphatic carbocycles. The zero-order chi connectivity index (χ0) is 22.2. The number of guanidine groups is 1. The van der Waals surface area contributed by atoms with E-state index in [2.05, 4.69) is 84.8 Å². The molecule has 1 saturated heterocycles. The molecule has 1 aliphatic heterocycles. The summed E-state index contributed by atoms with van der Waals surface area (Å²) in [5.41, 5.74) is 3.66. The second-order valence-electron chi connectivity index (χ2n) is 8.05. The topological polar surface area (TPSA) is 61.8 Å². The van der Waals surface area contributed by atoms with E-state index < -0.39 is 0 Å². The lowest BCUT2D eigenvalue weighted by atomic mass is 10.1. The van der Waals surface area contributed by atoms with Gasteiger partial charge < -0.3 is 20.3 Å². The first kappa shape index (κ1) is 23.4. The average Bonchev–Trinajstić information content (AvgIpc) is 2.76. The summed E-state index contributed by atoms with van der Waals surface area (Å²) < 4.78 is 5.82. The molecule has 0 radical (unpaired) electrons. The Kier molecular flexibility index (Phi) is 8.60. The smallest absolute Gasteiger partial charge is 0.191 e. The van der Waals surface area contributed by atoms with Gasteiger partial charge in [-0.1, -0.05) is 18.2 Å². The molecule has 2 heterocycles. The van der Waals surface area contributed by atoms with Crippen molar-refractivity contribution in [3.05, 3.63) is 53.2 Å². The van der Waals surface area contributed by atoms with E-state index in [1.54, 1.807) is 11.8 Å². The predicted octanol–water partition coefficient (Wildman–Crippen LogP) is 3.98. The number of nitrogens with zero attached hydrogens (tertiary/aromatic N) is 3. The van der Waals surface area contributed by atoms with Gasteiger partial charge in [-0.25, -0.2) is 9.98 Å². The second-order valence-corrected chi connectivity index (χ2v) is 8.90. The third-order valence-electron chi connectivity index (χ3n) is 5.21. The van der Waals surface area contributed by atoms with Crippen LogP contribution in [0.4, 0.5) is 5.82 Å². The number of anilines is 1. The van der Waals surface area contributed by atoms with Crippen LogP contribution in [0.15, 0.2) is 46.4 Å². The first-order chi connectivity index (χ1) is 15.0. The van der Waals surface area contributed by atoms with Gasteiger partial charge in [0, 0.05) is 37.3 Å². The summed E-state index contributed by atoms with van der Waals surface area (Å²) in [5, 5.41) is 6.79. The fourth-order valence-corrected chi connectivity index (χ4v) is 4.46. The van der Waals surface area contributed by atoms with Crippen molar-refractivity contribution in [1.82, 2.24) is 15.6 Å². The zero-order valence-corrected chi connectivity index (χ0v) is 20.1. The van der Waals surface area contributed by atoms with Crippen LogP contribution in [0.2, 0.25) is 0 Å². The number of rotatable bonds is 7. The van der Waals surface area contributed by atoms with Gasteiger partial charge in [0.15, 0.2) is 5.96 Å². The van der Waals surface area contributed by atoms with E-state index >= 15 is 0 Å².